The Morgan fingerprint density at radius 3 is 2.50 bits per heavy atom. The summed E-state index contributed by atoms with van der Waals surface area (Å²) < 4.78 is 19.6. The predicted octanol–water partition coefficient (Wildman–Crippen LogP) is 3.56. The second-order valence-electron chi connectivity index (χ2n) is 6.69. The average Bonchev–Trinajstić information content (AvgIpc) is 2.64. The summed E-state index contributed by atoms with van der Waals surface area (Å²) in [6.45, 7) is 6.92. The summed E-state index contributed by atoms with van der Waals surface area (Å²) >= 11 is 0. The highest BCUT2D eigenvalue weighted by atomic mass is 19.1. The van der Waals surface area contributed by atoms with Crippen molar-refractivity contribution in [1.29, 1.82) is 0 Å². The van der Waals surface area contributed by atoms with Crippen molar-refractivity contribution in [2.45, 2.75) is 20.3 Å². The minimum Gasteiger partial charge on any atom is -0.493 e. The molecule has 3 rings (SSSR count). The number of rotatable bonds is 5. The molecule has 0 unspecified atom stereocenters. The minimum atomic E-state index is -0.214. The van der Waals surface area contributed by atoms with Crippen LogP contribution in [0.25, 0.3) is 0 Å². The van der Waals surface area contributed by atoms with Crippen LogP contribution in [0.1, 0.15) is 17.5 Å². The maximum Gasteiger partial charge on any atom is 0.226 e. The topological polar surface area (TPSA) is 32.8 Å². The van der Waals surface area contributed by atoms with E-state index in [1.807, 2.05) is 41.8 Å². The highest BCUT2D eigenvalue weighted by Crippen LogP contribution is 2.21. The first kappa shape index (κ1) is 18.2. The molecular weight excluding hydrogens is 331 g/mol. The van der Waals surface area contributed by atoms with Crippen LogP contribution in [0.5, 0.6) is 5.75 Å². The fourth-order valence-corrected chi connectivity index (χ4v) is 3.27. The molecule has 1 amide bonds. The van der Waals surface area contributed by atoms with Crippen LogP contribution in [0.3, 0.4) is 0 Å². The number of benzene rings is 2. The number of amides is 1. The quantitative estimate of drug-likeness (QED) is 0.821. The van der Waals surface area contributed by atoms with Crippen molar-refractivity contribution in [3.8, 4) is 5.75 Å². The highest BCUT2D eigenvalue weighted by Gasteiger charge is 2.22. The SMILES string of the molecule is Cc1ccc(OCCC(=O)N2CCN(c3ccccc3F)CC2)c(C)c1. The normalized spacial score (nSPS) is 14.4. The van der Waals surface area contributed by atoms with E-state index in [4.69, 9.17) is 4.74 Å². The Hall–Kier alpha value is -2.56. The van der Waals surface area contributed by atoms with Gasteiger partial charge in [-0.3, -0.25) is 4.79 Å². The second-order valence-corrected chi connectivity index (χ2v) is 6.69. The smallest absolute Gasteiger partial charge is 0.226 e. The molecule has 5 heteroatoms. The summed E-state index contributed by atoms with van der Waals surface area (Å²) in [6, 6.07) is 12.8. The lowest BCUT2D eigenvalue weighted by Gasteiger charge is -2.36. The van der Waals surface area contributed by atoms with Crippen molar-refractivity contribution in [2.24, 2.45) is 0 Å². The molecule has 0 aromatic heterocycles. The summed E-state index contributed by atoms with van der Waals surface area (Å²) in [5, 5.41) is 0. The molecule has 4 nitrogen and oxygen atoms in total. The molecule has 0 radical (unpaired) electrons. The summed E-state index contributed by atoms with van der Waals surface area (Å²) in [7, 11) is 0. The molecule has 0 bridgehead atoms. The van der Waals surface area contributed by atoms with Crippen LogP contribution in [0.2, 0.25) is 0 Å². The molecular formula is C21H25FN2O2. The number of para-hydroxylation sites is 1. The van der Waals surface area contributed by atoms with E-state index in [-0.39, 0.29) is 11.7 Å². The maximum absolute atomic E-state index is 13.9. The Bertz CT molecular complexity index is 770. The largest absolute Gasteiger partial charge is 0.493 e. The molecule has 0 aliphatic carbocycles. The van der Waals surface area contributed by atoms with Crippen molar-refractivity contribution in [2.75, 3.05) is 37.7 Å². The number of anilines is 1. The van der Waals surface area contributed by atoms with Gasteiger partial charge in [-0.15, -0.1) is 0 Å². The first-order chi connectivity index (χ1) is 12.5. The third-order valence-corrected chi connectivity index (χ3v) is 4.73. The molecule has 2 aromatic carbocycles. The van der Waals surface area contributed by atoms with Crippen LogP contribution in [0, 0.1) is 19.7 Å². The highest BCUT2D eigenvalue weighted by molar-refractivity contribution is 5.76. The number of halogens is 1. The zero-order valence-corrected chi connectivity index (χ0v) is 15.4. The van der Waals surface area contributed by atoms with E-state index < -0.39 is 0 Å². The van der Waals surface area contributed by atoms with E-state index in [0.29, 0.717) is 44.9 Å². The van der Waals surface area contributed by atoms with E-state index in [1.165, 1.54) is 11.6 Å². The zero-order valence-electron chi connectivity index (χ0n) is 15.4. The number of carbonyl (C=O) groups excluding carboxylic acids is 1. The van der Waals surface area contributed by atoms with Gasteiger partial charge in [-0.25, -0.2) is 4.39 Å². The Morgan fingerprint density at radius 1 is 1.08 bits per heavy atom. The van der Waals surface area contributed by atoms with Crippen LogP contribution in [-0.4, -0.2) is 43.6 Å². The third kappa shape index (κ3) is 4.34. The first-order valence-corrected chi connectivity index (χ1v) is 9.02. The van der Waals surface area contributed by atoms with E-state index >= 15 is 0 Å². The molecule has 0 saturated carbocycles. The molecule has 2 aromatic rings. The van der Waals surface area contributed by atoms with Gasteiger partial charge in [0, 0.05) is 26.2 Å². The lowest BCUT2D eigenvalue weighted by atomic mass is 10.1. The molecule has 1 heterocycles. The number of aryl methyl sites for hydroxylation is 2. The lowest BCUT2D eigenvalue weighted by molar-refractivity contribution is -0.132. The van der Waals surface area contributed by atoms with E-state index in [2.05, 4.69) is 6.07 Å². The summed E-state index contributed by atoms with van der Waals surface area (Å²) in [6.07, 6.45) is 0.354. The summed E-state index contributed by atoms with van der Waals surface area (Å²) in [5.74, 6) is 0.699. The Morgan fingerprint density at radius 2 is 1.81 bits per heavy atom. The van der Waals surface area contributed by atoms with Crippen molar-refractivity contribution in [1.82, 2.24) is 4.90 Å². The van der Waals surface area contributed by atoms with Gasteiger partial charge in [0.05, 0.1) is 18.7 Å². The van der Waals surface area contributed by atoms with Crippen LogP contribution in [0.4, 0.5) is 10.1 Å². The van der Waals surface area contributed by atoms with Crippen molar-refractivity contribution in [3.63, 3.8) is 0 Å². The Kier molecular flexibility index (Phi) is 5.76. The van der Waals surface area contributed by atoms with Gasteiger partial charge in [0.2, 0.25) is 5.91 Å². The monoisotopic (exact) mass is 356 g/mol. The minimum absolute atomic E-state index is 0.0861. The molecule has 1 aliphatic heterocycles. The molecule has 1 fully saturated rings. The zero-order chi connectivity index (χ0) is 18.5. The van der Waals surface area contributed by atoms with Crippen LogP contribution in [0.15, 0.2) is 42.5 Å². The van der Waals surface area contributed by atoms with Crippen molar-refractivity contribution in [3.05, 3.63) is 59.4 Å². The molecule has 0 spiro atoms. The van der Waals surface area contributed by atoms with Crippen LogP contribution in [-0.2, 0) is 4.79 Å². The maximum atomic E-state index is 13.9. The fraction of sp³-hybridized carbons (Fsp3) is 0.381. The first-order valence-electron chi connectivity index (χ1n) is 9.02. The molecule has 26 heavy (non-hydrogen) atoms. The van der Waals surface area contributed by atoms with Gasteiger partial charge in [-0.1, -0.05) is 29.8 Å². The van der Waals surface area contributed by atoms with Crippen LogP contribution < -0.4 is 9.64 Å². The number of nitrogens with zero attached hydrogens (tertiary/aromatic N) is 2. The van der Waals surface area contributed by atoms with E-state index in [9.17, 15) is 9.18 Å². The third-order valence-electron chi connectivity index (χ3n) is 4.73. The predicted molar refractivity (Wildman–Crippen MR) is 101 cm³/mol. The Labute approximate surface area is 154 Å². The Balaban J connectivity index is 1.46. The second kappa shape index (κ2) is 8.21. The fourth-order valence-electron chi connectivity index (χ4n) is 3.27. The number of carbonyl (C=O) groups is 1. The van der Waals surface area contributed by atoms with Gasteiger partial charge in [0.25, 0.3) is 0 Å². The van der Waals surface area contributed by atoms with Crippen LogP contribution >= 0.6 is 0 Å². The molecule has 1 saturated heterocycles. The number of hydrogen-bond acceptors (Lipinski definition) is 3. The summed E-state index contributed by atoms with van der Waals surface area (Å²) in [5.41, 5.74) is 2.88. The number of piperazine rings is 1. The standard InChI is InChI=1S/C21H25FN2O2/c1-16-7-8-20(17(2)15-16)26-14-9-21(25)24-12-10-23(11-13-24)19-6-4-3-5-18(19)22/h3-8,15H,9-14H2,1-2H3. The van der Waals surface area contributed by atoms with Crippen molar-refractivity contribution >= 4 is 11.6 Å². The van der Waals surface area contributed by atoms with Gasteiger partial charge < -0.3 is 14.5 Å². The lowest BCUT2D eigenvalue weighted by Crippen LogP contribution is -2.49. The van der Waals surface area contributed by atoms with E-state index in [1.54, 1.807) is 12.1 Å². The summed E-state index contributed by atoms with van der Waals surface area (Å²) in [4.78, 5) is 16.2. The van der Waals surface area contributed by atoms with E-state index in [0.717, 1.165) is 11.3 Å². The van der Waals surface area contributed by atoms with Gasteiger partial charge in [0.1, 0.15) is 11.6 Å². The molecule has 1 aliphatic rings. The number of ether oxygens (including phenoxy) is 1. The average molecular weight is 356 g/mol. The molecule has 138 valence electrons. The van der Waals surface area contributed by atoms with Crippen molar-refractivity contribution < 1.29 is 13.9 Å². The van der Waals surface area contributed by atoms with Gasteiger partial charge >= 0.3 is 0 Å². The molecule has 0 atom stereocenters. The number of hydrogen-bond donors (Lipinski definition) is 0. The van der Waals surface area contributed by atoms with Gasteiger partial charge in [-0.05, 0) is 37.6 Å². The van der Waals surface area contributed by atoms with Gasteiger partial charge in [-0.2, -0.15) is 0 Å². The molecule has 0 N–H and O–H groups in total. The van der Waals surface area contributed by atoms with Gasteiger partial charge in [0.15, 0.2) is 0 Å².